The van der Waals surface area contributed by atoms with Gasteiger partial charge in [0.15, 0.2) is 5.76 Å². The lowest BCUT2D eigenvalue weighted by Gasteiger charge is -2.37. The van der Waals surface area contributed by atoms with Gasteiger partial charge in [0.05, 0.1) is 19.4 Å². The van der Waals surface area contributed by atoms with E-state index in [1.807, 2.05) is 30.3 Å². The van der Waals surface area contributed by atoms with E-state index >= 15 is 0 Å². The molecule has 0 N–H and O–H groups in total. The SMILES string of the molecule is O=C1OC2(CCN(C(=O)c3ccco3)CC2)CN1CCOc1ccccc1. The van der Waals surface area contributed by atoms with E-state index in [2.05, 4.69) is 0 Å². The number of nitrogens with zero attached hydrogens (tertiary/aromatic N) is 2. The Hall–Kier alpha value is -2.96. The summed E-state index contributed by atoms with van der Waals surface area (Å²) in [6.07, 6.45) is 2.44. The van der Waals surface area contributed by atoms with Gasteiger partial charge < -0.3 is 23.7 Å². The summed E-state index contributed by atoms with van der Waals surface area (Å²) in [4.78, 5) is 28.0. The molecule has 2 aromatic rings. The zero-order valence-electron chi connectivity index (χ0n) is 15.0. The van der Waals surface area contributed by atoms with Crippen molar-refractivity contribution >= 4 is 12.0 Å². The van der Waals surface area contributed by atoms with Crippen LogP contribution in [0, 0.1) is 0 Å². The molecule has 7 heteroatoms. The molecule has 0 radical (unpaired) electrons. The Labute approximate surface area is 157 Å². The topological polar surface area (TPSA) is 72.2 Å². The van der Waals surface area contributed by atoms with Gasteiger partial charge >= 0.3 is 6.09 Å². The van der Waals surface area contributed by atoms with Crippen molar-refractivity contribution in [3.63, 3.8) is 0 Å². The standard InChI is InChI=1S/C20H22N2O5/c23-18(17-7-4-13-26-17)21-10-8-20(9-11-21)15-22(19(24)27-20)12-14-25-16-5-2-1-3-6-16/h1-7,13H,8-12,14-15H2. The van der Waals surface area contributed by atoms with Crippen LogP contribution >= 0.6 is 0 Å². The third-order valence-electron chi connectivity index (χ3n) is 5.11. The Morgan fingerprint density at radius 2 is 1.89 bits per heavy atom. The first-order chi connectivity index (χ1) is 13.2. The highest BCUT2D eigenvalue weighted by Crippen LogP contribution is 2.33. The van der Waals surface area contributed by atoms with Crippen molar-refractivity contribution in [3.8, 4) is 5.75 Å². The molecule has 1 aromatic heterocycles. The fourth-order valence-electron chi connectivity index (χ4n) is 3.59. The van der Waals surface area contributed by atoms with Crippen LogP contribution in [0.3, 0.4) is 0 Å². The van der Waals surface area contributed by atoms with E-state index in [4.69, 9.17) is 13.9 Å². The van der Waals surface area contributed by atoms with Crippen LogP contribution in [0.5, 0.6) is 5.75 Å². The predicted octanol–water partition coefficient (Wildman–Crippen LogP) is 2.79. The Kier molecular flexibility index (Phi) is 4.75. The molecule has 2 aliphatic rings. The third-order valence-corrected chi connectivity index (χ3v) is 5.11. The van der Waals surface area contributed by atoms with E-state index in [1.165, 1.54) is 6.26 Å². The number of furan rings is 1. The van der Waals surface area contributed by atoms with Gasteiger partial charge in [-0.15, -0.1) is 0 Å². The summed E-state index contributed by atoms with van der Waals surface area (Å²) >= 11 is 0. The van der Waals surface area contributed by atoms with Crippen molar-refractivity contribution in [1.82, 2.24) is 9.80 Å². The van der Waals surface area contributed by atoms with E-state index in [0.29, 0.717) is 51.4 Å². The second kappa shape index (κ2) is 7.34. The maximum atomic E-state index is 12.4. The van der Waals surface area contributed by atoms with E-state index in [-0.39, 0.29) is 12.0 Å². The number of piperidine rings is 1. The molecular formula is C20H22N2O5. The molecule has 27 heavy (non-hydrogen) atoms. The largest absolute Gasteiger partial charge is 0.492 e. The highest BCUT2D eigenvalue weighted by molar-refractivity contribution is 5.91. The quantitative estimate of drug-likeness (QED) is 0.809. The predicted molar refractivity (Wildman–Crippen MR) is 96.6 cm³/mol. The molecule has 1 aromatic carbocycles. The van der Waals surface area contributed by atoms with Gasteiger partial charge in [-0.25, -0.2) is 4.79 Å². The second-order valence-electron chi connectivity index (χ2n) is 6.90. The van der Waals surface area contributed by atoms with Crippen LogP contribution in [0.4, 0.5) is 4.79 Å². The van der Waals surface area contributed by atoms with Crippen LogP contribution in [0.15, 0.2) is 53.1 Å². The fourth-order valence-corrected chi connectivity index (χ4v) is 3.59. The molecule has 4 rings (SSSR count). The summed E-state index contributed by atoms with van der Waals surface area (Å²) in [6.45, 7) is 2.51. The fraction of sp³-hybridized carbons (Fsp3) is 0.400. The molecule has 0 aliphatic carbocycles. The van der Waals surface area contributed by atoms with Crippen molar-refractivity contribution in [2.45, 2.75) is 18.4 Å². The van der Waals surface area contributed by atoms with Crippen LogP contribution in [0.2, 0.25) is 0 Å². The van der Waals surface area contributed by atoms with Crippen molar-refractivity contribution in [2.75, 3.05) is 32.8 Å². The monoisotopic (exact) mass is 370 g/mol. The summed E-state index contributed by atoms with van der Waals surface area (Å²) in [5.41, 5.74) is -0.510. The maximum Gasteiger partial charge on any atom is 0.410 e. The molecule has 0 saturated carbocycles. The van der Waals surface area contributed by atoms with Crippen molar-refractivity contribution in [1.29, 1.82) is 0 Å². The minimum atomic E-state index is -0.510. The zero-order chi connectivity index (χ0) is 18.7. The van der Waals surface area contributed by atoms with Gasteiger partial charge in [-0.05, 0) is 24.3 Å². The number of hydrogen-bond donors (Lipinski definition) is 0. The molecule has 2 saturated heterocycles. The molecule has 0 atom stereocenters. The van der Waals surface area contributed by atoms with Crippen LogP contribution in [-0.4, -0.2) is 60.2 Å². The lowest BCUT2D eigenvalue weighted by atomic mass is 9.91. The number of likely N-dealkylation sites (tertiary alicyclic amines) is 1. The van der Waals surface area contributed by atoms with Gasteiger partial charge in [0.2, 0.25) is 0 Å². The summed E-state index contributed by atoms with van der Waals surface area (Å²) in [5, 5.41) is 0. The molecular weight excluding hydrogens is 348 g/mol. The first-order valence-electron chi connectivity index (χ1n) is 9.14. The third kappa shape index (κ3) is 3.77. The highest BCUT2D eigenvalue weighted by Gasteiger charge is 2.47. The van der Waals surface area contributed by atoms with Crippen LogP contribution in [0.25, 0.3) is 0 Å². The van der Waals surface area contributed by atoms with Gasteiger partial charge in [-0.2, -0.15) is 0 Å². The molecule has 2 aliphatic heterocycles. The Bertz CT molecular complexity index is 782. The number of hydrogen-bond acceptors (Lipinski definition) is 5. The lowest BCUT2D eigenvalue weighted by molar-refractivity contribution is 0.00226. The summed E-state index contributed by atoms with van der Waals surface area (Å²) in [5.74, 6) is 1.01. The summed E-state index contributed by atoms with van der Waals surface area (Å²) in [7, 11) is 0. The number of rotatable bonds is 5. The first kappa shape index (κ1) is 17.5. The lowest BCUT2D eigenvalue weighted by Crippen LogP contribution is -2.48. The van der Waals surface area contributed by atoms with Gasteiger partial charge in [0.25, 0.3) is 5.91 Å². The molecule has 0 bridgehead atoms. The van der Waals surface area contributed by atoms with Crippen molar-refractivity contribution in [2.24, 2.45) is 0 Å². The molecule has 2 amide bonds. The highest BCUT2D eigenvalue weighted by atomic mass is 16.6. The number of carbonyl (C=O) groups is 2. The molecule has 142 valence electrons. The smallest absolute Gasteiger partial charge is 0.410 e. The summed E-state index contributed by atoms with van der Waals surface area (Å²) in [6, 6.07) is 12.9. The average Bonchev–Trinajstić information content (AvgIpc) is 3.32. The van der Waals surface area contributed by atoms with E-state index in [9.17, 15) is 9.59 Å². The van der Waals surface area contributed by atoms with E-state index in [0.717, 1.165) is 5.75 Å². The zero-order valence-corrected chi connectivity index (χ0v) is 15.0. The number of carbonyl (C=O) groups excluding carboxylic acids is 2. The van der Waals surface area contributed by atoms with Gasteiger partial charge in [0.1, 0.15) is 18.0 Å². The minimum Gasteiger partial charge on any atom is -0.492 e. The second-order valence-corrected chi connectivity index (χ2v) is 6.90. The first-order valence-corrected chi connectivity index (χ1v) is 9.14. The van der Waals surface area contributed by atoms with Crippen molar-refractivity contribution < 1.29 is 23.5 Å². The molecule has 0 unspecified atom stereocenters. The molecule has 1 spiro atoms. The number of benzene rings is 1. The van der Waals surface area contributed by atoms with Gasteiger partial charge in [-0.3, -0.25) is 4.79 Å². The minimum absolute atomic E-state index is 0.118. The average molecular weight is 370 g/mol. The van der Waals surface area contributed by atoms with Crippen LogP contribution in [0.1, 0.15) is 23.4 Å². The Balaban J connectivity index is 1.28. The number of amides is 2. The van der Waals surface area contributed by atoms with E-state index in [1.54, 1.807) is 21.9 Å². The molecule has 3 heterocycles. The van der Waals surface area contributed by atoms with Crippen molar-refractivity contribution in [3.05, 3.63) is 54.5 Å². The summed E-state index contributed by atoms with van der Waals surface area (Å²) < 4.78 is 16.5. The number of para-hydroxylation sites is 1. The Morgan fingerprint density at radius 1 is 1.11 bits per heavy atom. The Morgan fingerprint density at radius 3 is 2.59 bits per heavy atom. The molecule has 7 nitrogen and oxygen atoms in total. The van der Waals surface area contributed by atoms with Gasteiger partial charge in [-0.1, -0.05) is 18.2 Å². The van der Waals surface area contributed by atoms with E-state index < -0.39 is 5.60 Å². The molecule has 2 fully saturated rings. The van der Waals surface area contributed by atoms with Crippen LogP contribution < -0.4 is 4.74 Å². The number of ether oxygens (including phenoxy) is 2. The van der Waals surface area contributed by atoms with Gasteiger partial charge in [0, 0.05) is 25.9 Å². The van der Waals surface area contributed by atoms with Crippen LogP contribution in [-0.2, 0) is 4.74 Å². The normalized spacial score (nSPS) is 18.6. The maximum absolute atomic E-state index is 12.4.